The standard InChI is InChI=1S/C19H24ClN5O.3ClH/c1-14-2-4-17(12-22-14)24-19(26)23-11-16-10-15(3-5-18(16)20)13-25-8-6-21-7-9-25;;;/h2-5,10,12,21H,6-9,11,13H2,1H3,(H2,23,24,26);3*1H. The summed E-state index contributed by atoms with van der Waals surface area (Å²) in [6, 6.07) is 9.41. The first-order valence-electron chi connectivity index (χ1n) is 8.78. The van der Waals surface area contributed by atoms with Crippen LogP contribution in [0.3, 0.4) is 0 Å². The van der Waals surface area contributed by atoms with E-state index in [1.807, 2.05) is 31.2 Å². The Balaban J connectivity index is 0.00000261. The molecule has 2 amide bonds. The van der Waals surface area contributed by atoms with Crippen molar-refractivity contribution in [3.63, 3.8) is 0 Å². The molecule has 162 valence electrons. The van der Waals surface area contributed by atoms with Crippen LogP contribution >= 0.6 is 48.8 Å². The van der Waals surface area contributed by atoms with Crippen LogP contribution in [0.2, 0.25) is 5.02 Å². The van der Waals surface area contributed by atoms with E-state index in [2.05, 4.69) is 31.9 Å². The van der Waals surface area contributed by atoms with Crippen LogP contribution in [0.1, 0.15) is 16.8 Å². The molecule has 0 bridgehead atoms. The van der Waals surface area contributed by atoms with Gasteiger partial charge in [0, 0.05) is 50.0 Å². The van der Waals surface area contributed by atoms with E-state index in [0.29, 0.717) is 17.3 Å². The number of urea groups is 1. The molecule has 0 unspecified atom stereocenters. The molecule has 0 spiro atoms. The third-order valence-electron chi connectivity index (χ3n) is 4.33. The Morgan fingerprint density at radius 3 is 2.55 bits per heavy atom. The molecule has 0 atom stereocenters. The van der Waals surface area contributed by atoms with Gasteiger partial charge < -0.3 is 16.0 Å². The number of rotatable bonds is 5. The third kappa shape index (κ3) is 8.95. The second kappa shape index (κ2) is 13.9. The van der Waals surface area contributed by atoms with Crippen molar-refractivity contribution in [3.8, 4) is 0 Å². The Labute approximate surface area is 195 Å². The van der Waals surface area contributed by atoms with Crippen LogP contribution < -0.4 is 16.0 Å². The Bertz CT molecular complexity index is 755. The molecular formula is C19H27Cl4N5O. The monoisotopic (exact) mass is 481 g/mol. The van der Waals surface area contributed by atoms with Gasteiger partial charge in [-0.2, -0.15) is 0 Å². The van der Waals surface area contributed by atoms with E-state index in [1.165, 1.54) is 5.56 Å². The van der Waals surface area contributed by atoms with Crippen molar-refractivity contribution in [2.75, 3.05) is 31.5 Å². The molecule has 1 aromatic heterocycles. The zero-order valence-electron chi connectivity index (χ0n) is 16.1. The molecule has 6 nitrogen and oxygen atoms in total. The topological polar surface area (TPSA) is 69.3 Å². The van der Waals surface area contributed by atoms with Crippen LogP contribution in [0.4, 0.5) is 10.5 Å². The van der Waals surface area contributed by atoms with E-state index in [1.54, 1.807) is 6.20 Å². The number of amides is 2. The first-order chi connectivity index (χ1) is 12.6. The van der Waals surface area contributed by atoms with Crippen molar-refractivity contribution >= 4 is 60.5 Å². The van der Waals surface area contributed by atoms with Crippen LogP contribution in [0, 0.1) is 6.92 Å². The summed E-state index contributed by atoms with van der Waals surface area (Å²) in [5.41, 5.74) is 3.68. The highest BCUT2D eigenvalue weighted by molar-refractivity contribution is 6.31. The Hall–Kier alpha value is -1.28. The number of hydrogen-bond acceptors (Lipinski definition) is 4. The van der Waals surface area contributed by atoms with E-state index in [-0.39, 0.29) is 43.3 Å². The lowest BCUT2D eigenvalue weighted by atomic mass is 10.1. The molecule has 0 radical (unpaired) electrons. The molecule has 1 fully saturated rings. The fourth-order valence-corrected chi connectivity index (χ4v) is 3.07. The van der Waals surface area contributed by atoms with Crippen LogP contribution in [0.25, 0.3) is 0 Å². The lowest BCUT2D eigenvalue weighted by Crippen LogP contribution is -2.42. The molecule has 1 aliphatic heterocycles. The van der Waals surface area contributed by atoms with Gasteiger partial charge in [-0.1, -0.05) is 23.7 Å². The maximum atomic E-state index is 12.1. The van der Waals surface area contributed by atoms with Gasteiger partial charge in [0.2, 0.25) is 0 Å². The first kappa shape index (κ1) is 27.7. The number of anilines is 1. The highest BCUT2D eigenvalue weighted by Gasteiger charge is 2.11. The van der Waals surface area contributed by atoms with Gasteiger partial charge in [-0.15, -0.1) is 37.2 Å². The minimum atomic E-state index is -0.278. The van der Waals surface area contributed by atoms with Crippen molar-refractivity contribution < 1.29 is 4.79 Å². The fourth-order valence-electron chi connectivity index (χ4n) is 2.88. The number of nitrogens with one attached hydrogen (secondary N) is 3. The number of aromatic nitrogens is 1. The molecule has 1 saturated heterocycles. The quantitative estimate of drug-likeness (QED) is 0.601. The summed E-state index contributed by atoms with van der Waals surface area (Å²) in [6.07, 6.45) is 1.63. The average Bonchev–Trinajstić information content (AvgIpc) is 2.65. The summed E-state index contributed by atoms with van der Waals surface area (Å²) in [6.45, 7) is 7.31. The second-order valence-corrected chi connectivity index (χ2v) is 6.86. The number of aryl methyl sites for hydroxylation is 1. The van der Waals surface area contributed by atoms with Crippen LogP contribution in [0.15, 0.2) is 36.5 Å². The van der Waals surface area contributed by atoms with Crippen LogP contribution in [-0.2, 0) is 13.1 Å². The minimum absolute atomic E-state index is 0. The van der Waals surface area contributed by atoms with Crippen molar-refractivity contribution in [3.05, 3.63) is 58.4 Å². The zero-order valence-corrected chi connectivity index (χ0v) is 19.3. The number of piperazine rings is 1. The normalized spacial score (nSPS) is 13.3. The molecule has 10 heteroatoms. The fraction of sp³-hybridized carbons (Fsp3) is 0.368. The molecule has 29 heavy (non-hydrogen) atoms. The molecule has 1 aromatic carbocycles. The summed E-state index contributed by atoms with van der Waals surface area (Å²) in [4.78, 5) is 18.6. The maximum absolute atomic E-state index is 12.1. The molecule has 3 N–H and O–H groups in total. The molecule has 2 aromatic rings. The number of halogens is 4. The van der Waals surface area contributed by atoms with Gasteiger partial charge in [-0.05, 0) is 36.2 Å². The van der Waals surface area contributed by atoms with E-state index < -0.39 is 0 Å². The summed E-state index contributed by atoms with van der Waals surface area (Å²) in [5.74, 6) is 0. The maximum Gasteiger partial charge on any atom is 0.319 e. The van der Waals surface area contributed by atoms with Crippen molar-refractivity contribution in [1.29, 1.82) is 0 Å². The van der Waals surface area contributed by atoms with Gasteiger partial charge in [-0.3, -0.25) is 9.88 Å². The number of nitrogens with zero attached hydrogens (tertiary/aromatic N) is 2. The van der Waals surface area contributed by atoms with Crippen molar-refractivity contribution in [2.24, 2.45) is 0 Å². The molecule has 3 rings (SSSR count). The van der Waals surface area contributed by atoms with E-state index in [0.717, 1.165) is 44.0 Å². The predicted octanol–water partition coefficient (Wildman–Crippen LogP) is 4.04. The molecule has 2 heterocycles. The minimum Gasteiger partial charge on any atom is -0.334 e. The number of carbonyl (C=O) groups is 1. The van der Waals surface area contributed by atoms with Gasteiger partial charge in [0.15, 0.2) is 0 Å². The number of pyridine rings is 1. The highest BCUT2D eigenvalue weighted by Crippen LogP contribution is 2.19. The smallest absolute Gasteiger partial charge is 0.319 e. The Morgan fingerprint density at radius 2 is 1.90 bits per heavy atom. The Kier molecular flexibility index (Phi) is 13.2. The van der Waals surface area contributed by atoms with Crippen molar-refractivity contribution in [1.82, 2.24) is 20.5 Å². The van der Waals surface area contributed by atoms with E-state index in [4.69, 9.17) is 11.6 Å². The predicted molar refractivity (Wildman–Crippen MR) is 126 cm³/mol. The summed E-state index contributed by atoms with van der Waals surface area (Å²) in [5, 5.41) is 9.63. The van der Waals surface area contributed by atoms with Crippen LogP contribution in [0.5, 0.6) is 0 Å². The zero-order chi connectivity index (χ0) is 18.4. The Morgan fingerprint density at radius 1 is 1.17 bits per heavy atom. The second-order valence-electron chi connectivity index (χ2n) is 6.45. The first-order valence-corrected chi connectivity index (χ1v) is 9.16. The van der Waals surface area contributed by atoms with E-state index >= 15 is 0 Å². The van der Waals surface area contributed by atoms with Gasteiger partial charge in [0.25, 0.3) is 0 Å². The molecule has 1 aliphatic rings. The lowest BCUT2D eigenvalue weighted by Gasteiger charge is -2.27. The van der Waals surface area contributed by atoms with E-state index in [9.17, 15) is 4.79 Å². The van der Waals surface area contributed by atoms with Gasteiger partial charge in [-0.25, -0.2) is 4.79 Å². The lowest BCUT2D eigenvalue weighted by molar-refractivity contribution is 0.233. The SMILES string of the molecule is Cc1ccc(NC(=O)NCc2cc(CN3CCNCC3)ccc2Cl)cn1.Cl.Cl.Cl. The third-order valence-corrected chi connectivity index (χ3v) is 4.70. The number of carbonyl (C=O) groups excluding carboxylic acids is 1. The number of hydrogen-bond donors (Lipinski definition) is 3. The number of benzene rings is 1. The molecular weight excluding hydrogens is 456 g/mol. The largest absolute Gasteiger partial charge is 0.334 e. The van der Waals surface area contributed by atoms with Gasteiger partial charge >= 0.3 is 6.03 Å². The highest BCUT2D eigenvalue weighted by atomic mass is 35.5. The van der Waals surface area contributed by atoms with Gasteiger partial charge in [0.1, 0.15) is 0 Å². The van der Waals surface area contributed by atoms with Crippen molar-refractivity contribution in [2.45, 2.75) is 20.0 Å². The summed E-state index contributed by atoms with van der Waals surface area (Å²) in [7, 11) is 0. The summed E-state index contributed by atoms with van der Waals surface area (Å²) < 4.78 is 0. The molecule has 0 aliphatic carbocycles. The average molecular weight is 483 g/mol. The molecule has 0 saturated carbocycles. The van der Waals surface area contributed by atoms with Crippen LogP contribution in [-0.4, -0.2) is 42.1 Å². The van der Waals surface area contributed by atoms with Gasteiger partial charge in [0.05, 0.1) is 11.9 Å². The summed E-state index contributed by atoms with van der Waals surface area (Å²) >= 11 is 6.29.